The van der Waals surface area contributed by atoms with Gasteiger partial charge in [0.05, 0.1) is 63.0 Å². The van der Waals surface area contributed by atoms with Crippen molar-refractivity contribution in [1.82, 2.24) is 60.6 Å². The third kappa shape index (κ3) is 26.5. The van der Waals surface area contributed by atoms with E-state index in [-0.39, 0.29) is 109 Å². The Bertz CT molecular complexity index is 2940. The second-order valence-corrected chi connectivity index (χ2v) is 24.5. The van der Waals surface area contributed by atoms with Gasteiger partial charge >= 0.3 is 17.9 Å². The summed E-state index contributed by atoms with van der Waals surface area (Å²) in [6.45, 7) is 3.57. The first-order chi connectivity index (χ1) is 43.6. The van der Waals surface area contributed by atoms with Gasteiger partial charge < -0.3 is 51.1 Å². The second kappa shape index (κ2) is 37.9. The molecule has 3 aliphatic heterocycles. The number of pyridine rings is 1. The molecule has 2 aromatic carbocycles. The Morgan fingerprint density at radius 2 is 1.26 bits per heavy atom. The van der Waals surface area contributed by atoms with Crippen LogP contribution in [0.4, 0.5) is 8.78 Å². The van der Waals surface area contributed by atoms with E-state index in [4.69, 9.17) is 4.74 Å². The molecule has 91 heavy (non-hydrogen) atoms. The number of amides is 6. The van der Waals surface area contributed by atoms with Crippen LogP contribution in [-0.2, 0) is 44.8 Å². The van der Waals surface area contributed by atoms with Gasteiger partial charge in [-0.15, -0.1) is 0 Å². The maximum Gasteiger partial charge on any atom is 0.317 e. The monoisotopic (exact) mass is 1390 g/mol. The molecule has 0 saturated carbocycles. The van der Waals surface area contributed by atoms with Crippen molar-refractivity contribution in [2.75, 3.05) is 144 Å². The van der Waals surface area contributed by atoms with Gasteiger partial charge in [0.1, 0.15) is 17.8 Å². The number of carboxylic acid groups (broad SMARTS) is 3. The van der Waals surface area contributed by atoms with Gasteiger partial charge in [0.15, 0.2) is 0 Å². The Hall–Kier alpha value is -7.24. The predicted molar refractivity (Wildman–Crippen MR) is 339 cm³/mol. The molecule has 0 spiro atoms. The molecular formula is C62H86F2IN13O13. The Labute approximate surface area is 542 Å². The Kier molecular flexibility index (Phi) is 30.4. The molecule has 3 aromatic rings. The van der Waals surface area contributed by atoms with Crippen LogP contribution in [-0.4, -0.2) is 270 Å². The number of carbonyl (C=O) groups is 9. The first-order valence-electron chi connectivity index (χ1n) is 31.1. The van der Waals surface area contributed by atoms with E-state index in [9.17, 15) is 72.5 Å². The summed E-state index contributed by atoms with van der Waals surface area (Å²) >= 11 is 2.24. The van der Waals surface area contributed by atoms with E-state index in [0.29, 0.717) is 87.8 Å². The first kappa shape index (κ1) is 72.8. The number of alkyl halides is 2. The summed E-state index contributed by atoms with van der Waals surface area (Å²) in [6, 6.07) is 14.2. The number of carboxylic acids is 3. The fraction of sp³-hybridized carbons (Fsp3) is 0.597. The summed E-state index contributed by atoms with van der Waals surface area (Å²) in [5, 5.41) is 49.8. The molecule has 6 amide bonds. The van der Waals surface area contributed by atoms with Gasteiger partial charge in [-0.25, -0.2) is 8.78 Å². The average molecular weight is 1390 g/mol. The van der Waals surface area contributed by atoms with Gasteiger partial charge in [0.25, 0.3) is 11.8 Å². The number of piperazine rings is 1. The summed E-state index contributed by atoms with van der Waals surface area (Å²) in [4.78, 5) is 131. The van der Waals surface area contributed by atoms with E-state index in [1.54, 1.807) is 43.9 Å². The van der Waals surface area contributed by atoms with Crippen LogP contribution in [0.5, 0.6) is 5.75 Å². The zero-order chi connectivity index (χ0) is 65.7. The number of aliphatic carboxylic acids is 3. The van der Waals surface area contributed by atoms with E-state index in [0.717, 1.165) is 52.9 Å². The fourth-order valence-electron chi connectivity index (χ4n) is 11.1. The van der Waals surface area contributed by atoms with Crippen LogP contribution in [0.25, 0.3) is 10.9 Å². The third-order valence-electron chi connectivity index (χ3n) is 16.1. The summed E-state index contributed by atoms with van der Waals surface area (Å²) in [5.41, 5.74) is 1.87. The number of carbonyl (C=O) groups excluding carboxylic acids is 6. The number of rotatable bonds is 33. The molecule has 3 aliphatic rings. The number of fused-ring (bicyclic) bond motifs is 1. The number of hydrogen-bond acceptors (Lipinski definition) is 17. The number of benzene rings is 2. The minimum Gasteiger partial charge on any atom is -0.494 e. The summed E-state index contributed by atoms with van der Waals surface area (Å²) < 4.78 is 34.9. The van der Waals surface area contributed by atoms with E-state index in [1.807, 2.05) is 29.2 Å². The lowest BCUT2D eigenvalue weighted by Gasteiger charge is -2.34. The number of unbranched alkanes of at least 4 members (excludes halogenated alkanes) is 3. The van der Waals surface area contributed by atoms with Crippen molar-refractivity contribution in [3.05, 3.63) is 69.4 Å². The molecule has 3 fully saturated rings. The molecule has 1 aromatic heterocycles. The molecule has 1 unspecified atom stereocenters. The van der Waals surface area contributed by atoms with Crippen molar-refractivity contribution in [2.24, 2.45) is 0 Å². The molecule has 0 bridgehead atoms. The van der Waals surface area contributed by atoms with Crippen LogP contribution < -0.4 is 26.0 Å². The smallest absolute Gasteiger partial charge is 0.317 e. The zero-order valence-corrected chi connectivity index (χ0v) is 53.6. The lowest BCUT2D eigenvalue weighted by atomic mass is 10.1. The number of halogens is 3. The Balaban J connectivity index is 0.909. The molecule has 6 rings (SSSR count). The largest absolute Gasteiger partial charge is 0.494 e. The molecular weight excluding hydrogens is 1300 g/mol. The number of nitriles is 1. The van der Waals surface area contributed by atoms with Gasteiger partial charge in [-0.05, 0) is 122 Å². The van der Waals surface area contributed by atoms with Crippen molar-refractivity contribution < 1.29 is 72.0 Å². The van der Waals surface area contributed by atoms with Crippen molar-refractivity contribution in [2.45, 2.75) is 95.1 Å². The van der Waals surface area contributed by atoms with Crippen LogP contribution in [0.2, 0.25) is 0 Å². The summed E-state index contributed by atoms with van der Waals surface area (Å²) in [6.07, 6.45) is 6.80. The average Bonchev–Trinajstić information content (AvgIpc) is 2.83. The molecule has 7 N–H and O–H groups in total. The van der Waals surface area contributed by atoms with Crippen LogP contribution in [0.3, 0.4) is 0 Å². The fourth-order valence-corrected chi connectivity index (χ4v) is 11.5. The number of aryl methyl sites for hydroxylation is 1. The maximum absolute atomic E-state index is 13.9. The minimum atomic E-state index is -3.17. The molecule has 498 valence electrons. The van der Waals surface area contributed by atoms with Crippen molar-refractivity contribution in [1.29, 1.82) is 5.26 Å². The van der Waals surface area contributed by atoms with Crippen molar-refractivity contribution in [3.63, 3.8) is 0 Å². The number of likely N-dealkylation sites (tertiary alicyclic amines) is 1. The lowest BCUT2D eigenvalue weighted by Crippen LogP contribution is -2.52. The van der Waals surface area contributed by atoms with Crippen molar-refractivity contribution >= 4 is 86.8 Å². The molecule has 4 heterocycles. The highest BCUT2D eigenvalue weighted by atomic mass is 127. The normalized spacial score (nSPS) is 17.6. The number of nitrogens with zero attached hydrogens (tertiary/aromatic N) is 9. The SMILES string of the molecule is N#C[C@H]1CC(F)(F)CN1C(=O)CNC(=O)c1ccnc2ccc(OCCCCN3CCN(C(=O)CCCCCNC(=O)C(CCCNC(=O)CCCc4ccc(I)cc4)NC(=O)CN4CCN(CC(=O)O)CCN(CC(=O)O)CCN(CC(=O)O)CC4)CC3)cc12. The van der Waals surface area contributed by atoms with Gasteiger partial charge in [0, 0.05) is 126 Å². The first-order valence-corrected chi connectivity index (χ1v) is 32.2. The van der Waals surface area contributed by atoms with Crippen LogP contribution >= 0.6 is 22.6 Å². The maximum atomic E-state index is 13.9. The molecule has 3 saturated heterocycles. The molecule has 0 radical (unpaired) electrons. The van der Waals surface area contributed by atoms with E-state index in [1.165, 1.54) is 12.3 Å². The zero-order valence-electron chi connectivity index (χ0n) is 51.5. The Morgan fingerprint density at radius 1 is 0.659 bits per heavy atom. The number of aromatic nitrogens is 1. The number of ether oxygens (including phenoxy) is 1. The topological polar surface area (TPSA) is 331 Å². The molecule has 2 atom stereocenters. The van der Waals surface area contributed by atoms with Crippen LogP contribution in [0, 0.1) is 14.9 Å². The predicted octanol–water partition coefficient (Wildman–Crippen LogP) is 2.19. The van der Waals surface area contributed by atoms with Crippen LogP contribution in [0.15, 0.2) is 54.7 Å². The van der Waals surface area contributed by atoms with Crippen LogP contribution in [0.1, 0.15) is 86.6 Å². The van der Waals surface area contributed by atoms with E-state index in [2.05, 4.69) is 53.7 Å². The summed E-state index contributed by atoms with van der Waals surface area (Å²) in [7, 11) is 0. The van der Waals surface area contributed by atoms with Gasteiger partial charge in [-0.1, -0.05) is 18.6 Å². The molecule has 29 heteroatoms. The third-order valence-corrected chi connectivity index (χ3v) is 16.8. The number of nitrogens with one attached hydrogen (secondary N) is 4. The Morgan fingerprint density at radius 3 is 1.88 bits per heavy atom. The number of hydrogen-bond donors (Lipinski definition) is 7. The highest BCUT2D eigenvalue weighted by Gasteiger charge is 2.47. The van der Waals surface area contributed by atoms with E-state index < -0.39 is 79.1 Å². The summed E-state index contributed by atoms with van der Waals surface area (Å²) in [5.74, 6) is -8.23. The highest BCUT2D eigenvalue weighted by molar-refractivity contribution is 14.1. The minimum absolute atomic E-state index is 0.0599. The highest BCUT2D eigenvalue weighted by Crippen LogP contribution is 2.32. The van der Waals surface area contributed by atoms with Gasteiger partial charge in [-0.2, -0.15) is 5.26 Å². The standard InChI is InChI=1S/C62H86F2IN13O13/c63-62(64)37-47(38-66)78(44-62)56(82)39-70-60(89)49-18-21-67-51-17-16-48(36-50(49)51)91-35-5-4-22-72-31-33-77(34-32-72)55(81)11-2-1-3-19-69-61(90)52(9-7-20-68-53(79)10-6-8-45-12-14-46(65)15-13-45)71-54(80)40-73-23-25-74(41-57(83)84)27-29-76(43-59(87)88)30-28-75(26-24-73)42-58(85)86/h12-18,21,36,47,52H,1-11,19-20,22-35,37,39-44H2,(H,68,79)(H,69,90)(H,70,89)(H,71,80)(H,83,84)(H,85,86)(H,87,88)/t47-,52?/m1/s1. The molecule has 26 nitrogen and oxygen atoms in total. The second-order valence-electron chi connectivity index (χ2n) is 23.2. The quantitative estimate of drug-likeness (QED) is 0.0339. The van der Waals surface area contributed by atoms with E-state index >= 15 is 0 Å². The lowest BCUT2D eigenvalue weighted by molar-refractivity contribution is -0.140. The van der Waals surface area contributed by atoms with Gasteiger partial charge in [0.2, 0.25) is 29.5 Å². The van der Waals surface area contributed by atoms with Crippen molar-refractivity contribution in [3.8, 4) is 11.8 Å². The molecule has 0 aliphatic carbocycles. The van der Waals surface area contributed by atoms with Gasteiger partial charge in [-0.3, -0.25) is 72.6 Å².